The van der Waals surface area contributed by atoms with E-state index in [2.05, 4.69) is 5.32 Å². The molecule has 0 radical (unpaired) electrons. The predicted molar refractivity (Wildman–Crippen MR) is 121 cm³/mol. The first-order valence-electron chi connectivity index (χ1n) is 11.5. The van der Waals surface area contributed by atoms with Gasteiger partial charge in [0.2, 0.25) is 5.82 Å². The van der Waals surface area contributed by atoms with Crippen LogP contribution in [0.5, 0.6) is 11.5 Å². The maximum Gasteiger partial charge on any atom is 0.311 e. The Balaban J connectivity index is 1.40. The monoisotopic (exact) mass is 491 g/mol. The zero-order chi connectivity index (χ0) is 25.2. The first-order chi connectivity index (χ1) is 16.7. The van der Waals surface area contributed by atoms with Crippen LogP contribution in [0, 0.1) is 28.3 Å². The highest BCUT2D eigenvalue weighted by molar-refractivity contribution is 5.94. The lowest BCUT2D eigenvalue weighted by molar-refractivity contribution is -0.162. The minimum Gasteiger partial charge on any atom is -0.497 e. The molecule has 2 aromatic carbocycles. The molecule has 6 nitrogen and oxygen atoms in total. The average Bonchev–Trinajstić information content (AvgIpc) is 2.90. The van der Waals surface area contributed by atoms with Gasteiger partial charge in [-0.2, -0.15) is 4.39 Å². The van der Waals surface area contributed by atoms with Gasteiger partial charge in [0.15, 0.2) is 17.4 Å². The molecule has 0 saturated heterocycles. The molecule has 3 saturated carbocycles. The van der Waals surface area contributed by atoms with E-state index in [1.54, 1.807) is 24.3 Å². The van der Waals surface area contributed by atoms with E-state index >= 15 is 0 Å². The molecule has 3 aliphatic rings. The van der Waals surface area contributed by atoms with Crippen LogP contribution in [0.1, 0.15) is 54.4 Å². The number of hydrogen-bond acceptors (Lipinski definition) is 5. The fourth-order valence-corrected chi connectivity index (χ4v) is 5.17. The van der Waals surface area contributed by atoms with Crippen LogP contribution >= 0.6 is 0 Å². The summed E-state index contributed by atoms with van der Waals surface area (Å²) >= 11 is 0. The van der Waals surface area contributed by atoms with E-state index in [1.807, 2.05) is 0 Å². The lowest BCUT2D eigenvalue weighted by Gasteiger charge is -2.51. The van der Waals surface area contributed by atoms with Crippen molar-refractivity contribution in [3.63, 3.8) is 0 Å². The van der Waals surface area contributed by atoms with Crippen LogP contribution in [0.3, 0.4) is 0 Å². The van der Waals surface area contributed by atoms with Crippen molar-refractivity contribution >= 4 is 11.9 Å². The molecule has 1 amide bonds. The van der Waals surface area contributed by atoms with Crippen molar-refractivity contribution in [3.8, 4) is 11.5 Å². The van der Waals surface area contributed by atoms with Crippen LogP contribution < -0.4 is 14.8 Å². The highest BCUT2D eigenvalue weighted by atomic mass is 19.2. The van der Waals surface area contributed by atoms with Crippen LogP contribution in [0.4, 0.5) is 13.2 Å². The van der Waals surface area contributed by atoms with Gasteiger partial charge in [0.05, 0.1) is 25.2 Å². The number of rotatable bonds is 8. The first-order valence-corrected chi connectivity index (χ1v) is 11.5. The molecular weight excluding hydrogens is 463 g/mol. The Morgan fingerprint density at radius 1 is 0.943 bits per heavy atom. The quantitative estimate of drug-likeness (QED) is 0.419. The number of carbonyl (C=O) groups is 2. The van der Waals surface area contributed by atoms with Gasteiger partial charge in [-0.1, -0.05) is 12.1 Å². The second-order valence-corrected chi connectivity index (χ2v) is 9.45. The summed E-state index contributed by atoms with van der Waals surface area (Å²) in [6.07, 6.45) is 4.12. The van der Waals surface area contributed by atoms with Crippen molar-refractivity contribution in [1.82, 2.24) is 5.32 Å². The maximum atomic E-state index is 14.7. The summed E-state index contributed by atoms with van der Waals surface area (Å²) in [5.74, 6) is -5.56. The number of ether oxygens (including phenoxy) is 3. The highest BCUT2D eigenvalue weighted by Crippen LogP contribution is 2.57. The molecule has 0 heterocycles. The number of methoxy groups -OCH3 is 2. The average molecular weight is 492 g/mol. The summed E-state index contributed by atoms with van der Waals surface area (Å²) in [4.78, 5) is 24.8. The van der Waals surface area contributed by atoms with E-state index in [1.165, 1.54) is 14.2 Å². The molecule has 188 valence electrons. The maximum absolute atomic E-state index is 14.7. The molecular formula is C26H28F3NO5. The standard InChI is InChI=1S/C26H28F3NO5/c1-33-17-5-3-16(4-6-17)14-35-22-19(27)13-18(20(28)21(22)29)23(31)30-15-25-7-10-26(11-8-25,12-9-25)24(32)34-2/h3-6,13H,7-12,14-15H2,1-2H3,(H,30,31)/t25-,26+. The molecule has 0 aliphatic heterocycles. The van der Waals surface area contributed by atoms with Gasteiger partial charge in [0.1, 0.15) is 12.4 Å². The molecule has 0 spiro atoms. The number of benzene rings is 2. The minimum absolute atomic E-state index is 0.196. The molecule has 3 aliphatic carbocycles. The van der Waals surface area contributed by atoms with Gasteiger partial charge >= 0.3 is 5.97 Å². The van der Waals surface area contributed by atoms with E-state index in [4.69, 9.17) is 14.2 Å². The summed E-state index contributed by atoms with van der Waals surface area (Å²) < 4.78 is 59.1. The Bertz CT molecular complexity index is 1090. The molecule has 2 aromatic rings. The third-order valence-electron chi connectivity index (χ3n) is 7.55. The SMILES string of the molecule is COc1ccc(COc2c(F)cc(C(=O)NC[C@]34CC[C@](C(=O)OC)(CC3)CC4)c(F)c2F)cc1. The fourth-order valence-electron chi connectivity index (χ4n) is 5.17. The van der Waals surface area contributed by atoms with E-state index in [-0.39, 0.29) is 24.5 Å². The first kappa shape index (κ1) is 24.9. The molecule has 2 bridgehead atoms. The number of esters is 1. The van der Waals surface area contributed by atoms with Crippen molar-refractivity contribution < 1.29 is 37.0 Å². The predicted octanol–water partition coefficient (Wildman–Crippen LogP) is 4.93. The molecule has 5 rings (SSSR count). The summed E-state index contributed by atoms with van der Waals surface area (Å²) in [5, 5.41) is 2.64. The van der Waals surface area contributed by atoms with E-state index < -0.39 is 40.1 Å². The summed E-state index contributed by atoms with van der Waals surface area (Å²) in [7, 11) is 2.90. The number of fused-ring (bicyclic) bond motifs is 3. The second kappa shape index (κ2) is 9.79. The number of hydrogen-bond donors (Lipinski definition) is 1. The van der Waals surface area contributed by atoms with Gasteiger partial charge in [0.25, 0.3) is 5.91 Å². The van der Waals surface area contributed by atoms with Crippen molar-refractivity contribution in [2.24, 2.45) is 10.8 Å². The van der Waals surface area contributed by atoms with Crippen LogP contribution in [0.15, 0.2) is 30.3 Å². The lowest BCUT2D eigenvalue weighted by Crippen LogP contribution is -2.50. The van der Waals surface area contributed by atoms with Gasteiger partial charge in [-0.05, 0) is 67.7 Å². The molecule has 9 heteroatoms. The normalized spacial score (nSPS) is 23.0. The van der Waals surface area contributed by atoms with Gasteiger partial charge in [-0.3, -0.25) is 9.59 Å². The van der Waals surface area contributed by atoms with Crippen molar-refractivity contribution in [2.75, 3.05) is 20.8 Å². The molecule has 3 fully saturated rings. The molecule has 35 heavy (non-hydrogen) atoms. The highest BCUT2D eigenvalue weighted by Gasteiger charge is 2.53. The van der Waals surface area contributed by atoms with E-state index in [0.29, 0.717) is 55.9 Å². The Morgan fingerprint density at radius 3 is 2.14 bits per heavy atom. The third-order valence-corrected chi connectivity index (χ3v) is 7.55. The zero-order valence-corrected chi connectivity index (χ0v) is 19.7. The van der Waals surface area contributed by atoms with Crippen molar-refractivity contribution in [3.05, 3.63) is 58.9 Å². The summed E-state index contributed by atoms with van der Waals surface area (Å²) in [6.45, 7) is 0.0416. The van der Waals surface area contributed by atoms with Crippen molar-refractivity contribution in [1.29, 1.82) is 0 Å². The van der Waals surface area contributed by atoms with E-state index in [0.717, 1.165) is 0 Å². The molecule has 0 aromatic heterocycles. The van der Waals surface area contributed by atoms with Gasteiger partial charge < -0.3 is 19.5 Å². The Labute approximate surface area is 201 Å². The largest absolute Gasteiger partial charge is 0.497 e. The topological polar surface area (TPSA) is 73.9 Å². The van der Waals surface area contributed by atoms with Crippen LogP contribution in [0.25, 0.3) is 0 Å². The fraction of sp³-hybridized carbons (Fsp3) is 0.462. The van der Waals surface area contributed by atoms with Gasteiger partial charge in [-0.25, -0.2) is 8.78 Å². The Hall–Kier alpha value is -3.23. The van der Waals surface area contributed by atoms with Crippen molar-refractivity contribution in [2.45, 2.75) is 45.1 Å². The number of carbonyl (C=O) groups excluding carboxylic acids is 2. The number of halogens is 3. The molecule has 0 unspecified atom stereocenters. The third kappa shape index (κ3) is 4.81. The van der Waals surface area contributed by atoms with Gasteiger partial charge in [-0.15, -0.1) is 0 Å². The Kier molecular flexibility index (Phi) is 6.96. The number of nitrogens with one attached hydrogen (secondary N) is 1. The lowest BCUT2D eigenvalue weighted by atomic mass is 9.53. The van der Waals surface area contributed by atoms with Crippen LogP contribution in [0.2, 0.25) is 0 Å². The molecule has 1 N–H and O–H groups in total. The van der Waals surface area contributed by atoms with Gasteiger partial charge in [0, 0.05) is 6.54 Å². The zero-order valence-electron chi connectivity index (χ0n) is 19.7. The second-order valence-electron chi connectivity index (χ2n) is 9.45. The summed E-state index contributed by atoms with van der Waals surface area (Å²) in [6, 6.07) is 7.27. The van der Waals surface area contributed by atoms with E-state index in [9.17, 15) is 22.8 Å². The number of amides is 1. The molecule has 0 atom stereocenters. The Morgan fingerprint density at radius 2 is 1.57 bits per heavy atom. The minimum atomic E-state index is -1.56. The van der Waals surface area contributed by atoms with Crippen LogP contribution in [-0.2, 0) is 16.1 Å². The smallest absolute Gasteiger partial charge is 0.311 e. The summed E-state index contributed by atoms with van der Waals surface area (Å²) in [5.41, 5.74) is -0.799. The van der Waals surface area contributed by atoms with Crippen LogP contribution in [-0.4, -0.2) is 32.6 Å².